The van der Waals surface area contributed by atoms with Crippen molar-refractivity contribution >= 4 is 34.2 Å². The highest BCUT2D eigenvalue weighted by Crippen LogP contribution is 2.32. The van der Waals surface area contributed by atoms with E-state index in [-0.39, 0.29) is 17.4 Å². The summed E-state index contributed by atoms with van der Waals surface area (Å²) in [4.78, 5) is 29.3. The van der Waals surface area contributed by atoms with Crippen LogP contribution < -0.4 is 15.4 Å². The average Bonchev–Trinajstić information content (AvgIpc) is 3.45. The Labute approximate surface area is 258 Å². The molecule has 3 aromatic carbocycles. The van der Waals surface area contributed by atoms with E-state index in [4.69, 9.17) is 9.47 Å². The van der Waals surface area contributed by atoms with Gasteiger partial charge in [0.05, 0.1) is 24.2 Å². The predicted octanol–water partition coefficient (Wildman–Crippen LogP) is 5.44. The molecule has 0 bridgehead atoms. The normalized spacial score (nSPS) is 15.6. The van der Waals surface area contributed by atoms with Gasteiger partial charge in [0.1, 0.15) is 24.3 Å². The van der Waals surface area contributed by atoms with E-state index >= 15 is 0 Å². The molecule has 1 aliphatic heterocycles. The van der Waals surface area contributed by atoms with Crippen molar-refractivity contribution in [2.75, 3.05) is 57.6 Å². The number of fused-ring (bicyclic) bond motifs is 1. The van der Waals surface area contributed by atoms with Crippen LogP contribution in [0, 0.1) is 6.92 Å². The molecule has 1 saturated heterocycles. The highest BCUT2D eigenvalue weighted by molar-refractivity contribution is 6.07. The van der Waals surface area contributed by atoms with Gasteiger partial charge in [-0.3, -0.25) is 15.0 Å². The van der Waals surface area contributed by atoms with Crippen molar-refractivity contribution in [1.82, 2.24) is 19.6 Å². The van der Waals surface area contributed by atoms with Crippen molar-refractivity contribution in [2.45, 2.75) is 39.2 Å². The molecule has 0 radical (unpaired) electrons. The lowest BCUT2D eigenvalue weighted by atomic mass is 9.86. The van der Waals surface area contributed by atoms with Gasteiger partial charge in [-0.15, -0.1) is 0 Å². The molecule has 1 aromatic heterocycles. The first-order valence-electron chi connectivity index (χ1n) is 14.9. The minimum absolute atomic E-state index is 0.0184. The third kappa shape index (κ3) is 7.03. The fourth-order valence-corrected chi connectivity index (χ4v) is 5.30. The number of aryl methyl sites for hydroxylation is 1. The number of aromatic nitrogens is 2. The number of urea groups is 1. The second-order valence-corrected chi connectivity index (χ2v) is 12.4. The van der Waals surface area contributed by atoms with Crippen molar-refractivity contribution in [3.05, 3.63) is 78.0 Å². The van der Waals surface area contributed by atoms with E-state index in [1.165, 1.54) is 5.56 Å². The summed E-state index contributed by atoms with van der Waals surface area (Å²) >= 11 is 0. The number of carbonyl (C=O) groups excluding carboxylic acids is 2. The lowest BCUT2D eigenvalue weighted by Gasteiger charge is -2.33. The van der Waals surface area contributed by atoms with Gasteiger partial charge in [-0.25, -0.2) is 9.48 Å². The summed E-state index contributed by atoms with van der Waals surface area (Å²) in [5.74, 6) is 1.27. The van der Waals surface area contributed by atoms with Crippen LogP contribution in [0.3, 0.4) is 0 Å². The van der Waals surface area contributed by atoms with Gasteiger partial charge >= 0.3 is 6.03 Å². The summed E-state index contributed by atoms with van der Waals surface area (Å²) in [6, 6.07) is 19.3. The number of rotatable bonds is 8. The lowest BCUT2D eigenvalue weighted by Crippen LogP contribution is -2.50. The molecule has 10 heteroatoms. The molecule has 1 atom stereocenters. The molecule has 0 saturated carbocycles. The maximum absolute atomic E-state index is 13.2. The monoisotopic (exact) mass is 598 g/mol. The highest BCUT2D eigenvalue weighted by atomic mass is 16.5. The second kappa shape index (κ2) is 13.1. The molecule has 1 aliphatic rings. The summed E-state index contributed by atoms with van der Waals surface area (Å²) in [5.41, 5.74) is 3.81. The molecule has 4 aromatic rings. The number of benzene rings is 3. The highest BCUT2D eigenvalue weighted by Gasteiger charge is 2.27. The summed E-state index contributed by atoms with van der Waals surface area (Å²) in [5, 5.41) is 12.2. The van der Waals surface area contributed by atoms with E-state index in [0.29, 0.717) is 37.8 Å². The molecule has 5 rings (SSSR count). The first-order valence-corrected chi connectivity index (χ1v) is 14.9. The smallest absolute Gasteiger partial charge is 0.324 e. The molecular weight excluding hydrogens is 556 g/mol. The second-order valence-electron chi connectivity index (χ2n) is 12.4. The first kappa shape index (κ1) is 31.0. The lowest BCUT2D eigenvalue weighted by molar-refractivity contribution is -0.146. The van der Waals surface area contributed by atoms with Gasteiger partial charge in [0, 0.05) is 50.6 Å². The van der Waals surface area contributed by atoms with Crippen LogP contribution in [0.25, 0.3) is 16.5 Å². The molecule has 0 aliphatic carbocycles. The topological polar surface area (TPSA) is 101 Å². The van der Waals surface area contributed by atoms with Crippen LogP contribution in [0.15, 0.2) is 66.9 Å². The maximum atomic E-state index is 13.2. The molecule has 1 fully saturated rings. The summed E-state index contributed by atoms with van der Waals surface area (Å²) in [7, 11) is 3.48. The van der Waals surface area contributed by atoms with E-state index in [2.05, 4.69) is 59.6 Å². The number of amides is 3. The number of hydrogen-bond donors (Lipinski definition) is 2. The van der Waals surface area contributed by atoms with E-state index in [9.17, 15) is 9.59 Å². The molecule has 3 amide bonds. The van der Waals surface area contributed by atoms with Crippen LogP contribution in [0.2, 0.25) is 0 Å². The Hall–Kier alpha value is -4.41. The van der Waals surface area contributed by atoms with Gasteiger partial charge < -0.3 is 19.7 Å². The molecule has 2 N–H and O–H groups in total. The Morgan fingerprint density at radius 2 is 1.82 bits per heavy atom. The summed E-state index contributed by atoms with van der Waals surface area (Å²) in [6.45, 7) is 11.5. The summed E-state index contributed by atoms with van der Waals surface area (Å²) < 4.78 is 13.6. The number of hydrogen-bond acceptors (Lipinski definition) is 6. The fourth-order valence-electron chi connectivity index (χ4n) is 5.30. The number of nitrogens with one attached hydrogen (secondary N) is 2. The molecule has 44 heavy (non-hydrogen) atoms. The Morgan fingerprint density at radius 3 is 2.57 bits per heavy atom. The van der Waals surface area contributed by atoms with Crippen molar-refractivity contribution in [3.63, 3.8) is 0 Å². The zero-order valence-electron chi connectivity index (χ0n) is 26.4. The minimum atomic E-state index is -0.451. The number of nitrogens with zero attached hydrogens (tertiary/aromatic N) is 4. The van der Waals surface area contributed by atoms with Crippen LogP contribution in [0.5, 0.6) is 5.75 Å². The van der Waals surface area contributed by atoms with Crippen LogP contribution in [-0.4, -0.2) is 84.6 Å². The molecule has 10 nitrogen and oxygen atoms in total. The quantitative estimate of drug-likeness (QED) is 0.280. The minimum Gasteiger partial charge on any atom is -0.492 e. The van der Waals surface area contributed by atoms with Gasteiger partial charge in [-0.1, -0.05) is 57.2 Å². The molecule has 2 heterocycles. The van der Waals surface area contributed by atoms with Crippen molar-refractivity contribution < 1.29 is 19.1 Å². The Kier molecular flexibility index (Phi) is 9.22. The SMILES string of the molecule is Cc1ccc(C(C)(C)C)cc1-n1nccc1NC(=O)Nc1ccc(OCCN2CCOC(C(=O)N(C)C)C2)c2ccccc12. The Balaban J connectivity index is 1.26. The molecule has 232 valence electrons. The van der Waals surface area contributed by atoms with E-state index in [0.717, 1.165) is 34.3 Å². The van der Waals surface area contributed by atoms with Gasteiger partial charge in [0.15, 0.2) is 0 Å². The van der Waals surface area contributed by atoms with E-state index in [1.807, 2.05) is 43.3 Å². The van der Waals surface area contributed by atoms with Crippen LogP contribution >= 0.6 is 0 Å². The zero-order chi connectivity index (χ0) is 31.4. The van der Waals surface area contributed by atoms with Crippen molar-refractivity contribution in [2.24, 2.45) is 0 Å². The van der Waals surface area contributed by atoms with Crippen LogP contribution in [0.1, 0.15) is 31.9 Å². The maximum Gasteiger partial charge on any atom is 0.324 e. The molecular formula is C34H42N6O4. The van der Waals surface area contributed by atoms with Crippen LogP contribution in [0.4, 0.5) is 16.3 Å². The van der Waals surface area contributed by atoms with Gasteiger partial charge in [0.25, 0.3) is 5.91 Å². The third-order valence-corrected chi connectivity index (χ3v) is 7.85. The van der Waals surface area contributed by atoms with Gasteiger partial charge in [-0.05, 0) is 41.7 Å². The number of likely N-dealkylation sites (N-methyl/N-ethyl adjacent to an activating group) is 1. The van der Waals surface area contributed by atoms with Gasteiger partial charge in [-0.2, -0.15) is 5.10 Å². The molecule has 1 unspecified atom stereocenters. The fraction of sp³-hybridized carbons (Fsp3) is 0.382. The Morgan fingerprint density at radius 1 is 1.05 bits per heavy atom. The van der Waals surface area contributed by atoms with Crippen molar-refractivity contribution in [1.29, 1.82) is 0 Å². The zero-order valence-corrected chi connectivity index (χ0v) is 26.4. The third-order valence-electron chi connectivity index (χ3n) is 7.85. The number of ether oxygens (including phenoxy) is 2. The Bertz CT molecular complexity index is 1640. The number of morpholine rings is 1. The number of carbonyl (C=O) groups is 2. The van der Waals surface area contributed by atoms with Crippen molar-refractivity contribution in [3.8, 4) is 11.4 Å². The van der Waals surface area contributed by atoms with Gasteiger partial charge in [0.2, 0.25) is 0 Å². The van der Waals surface area contributed by atoms with Crippen LogP contribution in [-0.2, 0) is 14.9 Å². The van der Waals surface area contributed by atoms with E-state index < -0.39 is 6.10 Å². The first-order chi connectivity index (χ1) is 21.0. The largest absolute Gasteiger partial charge is 0.492 e. The van der Waals surface area contributed by atoms with E-state index in [1.54, 1.807) is 35.9 Å². The predicted molar refractivity (Wildman–Crippen MR) is 174 cm³/mol. The standard InChI is InChI=1S/C34H42N6O4/c1-23-11-12-24(34(2,3)4)21-28(23)40-31(15-16-35-40)37-33(42)36-27-13-14-29(26-10-8-7-9-25(26)27)43-19-17-39-18-20-44-30(22-39)32(41)38(5)6/h7-16,21,30H,17-20,22H2,1-6H3,(H2,36,37,42). The average molecular weight is 599 g/mol. The molecule has 0 spiro atoms. The number of anilines is 2. The summed E-state index contributed by atoms with van der Waals surface area (Å²) in [6.07, 6.45) is 1.23.